The first-order chi connectivity index (χ1) is 9.49. The van der Waals surface area contributed by atoms with Gasteiger partial charge in [-0.05, 0) is 24.6 Å². The zero-order valence-corrected chi connectivity index (χ0v) is 10.6. The first-order valence-corrected chi connectivity index (χ1v) is 5.81. The standard InChI is InChI=1S/C13H12FN3O3/c1-8(15)9-5-6-16-12(7-9)20-13-10(14)3-2-4-11(13)17(18)19/h2-8H,15H2,1H3/t8-/m1/s1. The highest BCUT2D eigenvalue weighted by Gasteiger charge is 2.20. The summed E-state index contributed by atoms with van der Waals surface area (Å²) < 4.78 is 18.9. The molecule has 0 amide bonds. The largest absolute Gasteiger partial charge is 0.429 e. The molecule has 1 aromatic heterocycles. The van der Waals surface area contributed by atoms with Crippen molar-refractivity contribution in [1.29, 1.82) is 0 Å². The molecule has 0 bridgehead atoms. The fraction of sp³-hybridized carbons (Fsp3) is 0.154. The smallest absolute Gasteiger partial charge is 0.314 e. The second kappa shape index (κ2) is 5.62. The van der Waals surface area contributed by atoms with Crippen LogP contribution in [0.5, 0.6) is 11.6 Å². The molecule has 0 aliphatic rings. The van der Waals surface area contributed by atoms with E-state index in [-0.39, 0.29) is 11.9 Å². The predicted molar refractivity (Wildman–Crippen MR) is 70.0 cm³/mol. The number of para-hydroxylation sites is 1. The van der Waals surface area contributed by atoms with Gasteiger partial charge in [0.2, 0.25) is 11.6 Å². The molecular formula is C13H12FN3O3. The zero-order valence-electron chi connectivity index (χ0n) is 10.6. The quantitative estimate of drug-likeness (QED) is 0.685. The Bertz CT molecular complexity index is 647. The summed E-state index contributed by atoms with van der Waals surface area (Å²) in [5.41, 5.74) is 5.99. The van der Waals surface area contributed by atoms with Crippen LogP contribution in [0, 0.1) is 15.9 Å². The van der Waals surface area contributed by atoms with Gasteiger partial charge in [0, 0.05) is 24.4 Å². The topological polar surface area (TPSA) is 91.3 Å². The van der Waals surface area contributed by atoms with Crippen molar-refractivity contribution in [3.05, 3.63) is 58.0 Å². The van der Waals surface area contributed by atoms with Crippen molar-refractivity contribution < 1.29 is 14.1 Å². The number of nitrogens with two attached hydrogens (primary N) is 1. The van der Waals surface area contributed by atoms with Gasteiger partial charge < -0.3 is 10.5 Å². The molecular weight excluding hydrogens is 265 g/mol. The van der Waals surface area contributed by atoms with Crippen LogP contribution in [0.3, 0.4) is 0 Å². The van der Waals surface area contributed by atoms with E-state index in [2.05, 4.69) is 4.98 Å². The zero-order chi connectivity index (χ0) is 14.7. The highest BCUT2D eigenvalue weighted by atomic mass is 19.1. The number of rotatable bonds is 4. The molecule has 0 spiro atoms. The average Bonchev–Trinajstić information content (AvgIpc) is 2.41. The molecule has 2 aromatic rings. The van der Waals surface area contributed by atoms with Crippen molar-refractivity contribution in [3.63, 3.8) is 0 Å². The van der Waals surface area contributed by atoms with Gasteiger partial charge in [-0.25, -0.2) is 9.37 Å². The third kappa shape index (κ3) is 2.89. The van der Waals surface area contributed by atoms with Crippen molar-refractivity contribution in [3.8, 4) is 11.6 Å². The van der Waals surface area contributed by atoms with Crippen LogP contribution < -0.4 is 10.5 Å². The minimum absolute atomic E-state index is 0.0491. The van der Waals surface area contributed by atoms with Crippen LogP contribution in [0.4, 0.5) is 10.1 Å². The van der Waals surface area contributed by atoms with Crippen LogP contribution in [-0.2, 0) is 0 Å². The van der Waals surface area contributed by atoms with Gasteiger partial charge in [0.05, 0.1) is 4.92 Å². The number of pyridine rings is 1. The first kappa shape index (κ1) is 13.9. The van der Waals surface area contributed by atoms with Gasteiger partial charge in [0.15, 0.2) is 5.82 Å². The van der Waals surface area contributed by atoms with Crippen LogP contribution in [-0.4, -0.2) is 9.91 Å². The monoisotopic (exact) mass is 277 g/mol. The minimum atomic E-state index is -0.827. The van der Waals surface area contributed by atoms with Gasteiger partial charge in [-0.1, -0.05) is 6.07 Å². The lowest BCUT2D eigenvalue weighted by Crippen LogP contribution is -2.05. The molecule has 0 fully saturated rings. The minimum Gasteiger partial charge on any atom is -0.429 e. The third-order valence-electron chi connectivity index (χ3n) is 2.63. The van der Waals surface area contributed by atoms with Gasteiger partial charge in [-0.2, -0.15) is 0 Å². The molecule has 0 saturated heterocycles. The van der Waals surface area contributed by atoms with Crippen molar-refractivity contribution in [2.45, 2.75) is 13.0 Å². The Morgan fingerprint density at radius 1 is 1.45 bits per heavy atom. The van der Waals surface area contributed by atoms with E-state index in [1.165, 1.54) is 18.3 Å². The molecule has 104 valence electrons. The summed E-state index contributed by atoms with van der Waals surface area (Å²) in [7, 11) is 0. The number of hydrogen-bond donors (Lipinski definition) is 1. The van der Waals surface area contributed by atoms with Gasteiger partial charge in [0.1, 0.15) is 0 Å². The first-order valence-electron chi connectivity index (χ1n) is 5.81. The van der Waals surface area contributed by atoms with Crippen molar-refractivity contribution >= 4 is 5.69 Å². The van der Waals surface area contributed by atoms with E-state index in [0.29, 0.717) is 0 Å². The third-order valence-corrected chi connectivity index (χ3v) is 2.63. The lowest BCUT2D eigenvalue weighted by Gasteiger charge is -2.09. The number of hydrogen-bond acceptors (Lipinski definition) is 5. The lowest BCUT2D eigenvalue weighted by atomic mass is 10.1. The van der Waals surface area contributed by atoms with E-state index >= 15 is 0 Å². The molecule has 0 aliphatic heterocycles. The molecule has 0 aliphatic carbocycles. The van der Waals surface area contributed by atoms with Crippen LogP contribution in [0.15, 0.2) is 36.5 Å². The van der Waals surface area contributed by atoms with E-state index in [9.17, 15) is 14.5 Å². The van der Waals surface area contributed by atoms with Crippen molar-refractivity contribution in [2.24, 2.45) is 5.73 Å². The summed E-state index contributed by atoms with van der Waals surface area (Å²) in [6, 6.07) is 6.43. The summed E-state index contributed by atoms with van der Waals surface area (Å²) >= 11 is 0. The molecule has 1 heterocycles. The van der Waals surface area contributed by atoms with Crippen LogP contribution in [0.25, 0.3) is 0 Å². The van der Waals surface area contributed by atoms with Crippen molar-refractivity contribution in [1.82, 2.24) is 4.98 Å². The molecule has 1 aromatic carbocycles. The number of halogens is 1. The maximum atomic E-state index is 13.7. The Hall–Kier alpha value is -2.54. The van der Waals surface area contributed by atoms with Crippen LogP contribution >= 0.6 is 0 Å². The summed E-state index contributed by atoms with van der Waals surface area (Å²) in [5.74, 6) is -1.24. The second-order valence-electron chi connectivity index (χ2n) is 4.16. The Balaban J connectivity index is 2.40. The van der Waals surface area contributed by atoms with Gasteiger partial charge in [-0.3, -0.25) is 10.1 Å². The van der Waals surface area contributed by atoms with Crippen LogP contribution in [0.1, 0.15) is 18.5 Å². The molecule has 0 radical (unpaired) electrons. The van der Waals surface area contributed by atoms with E-state index in [0.717, 1.165) is 17.7 Å². The summed E-state index contributed by atoms with van der Waals surface area (Å²) in [6.45, 7) is 1.77. The fourth-order valence-electron chi connectivity index (χ4n) is 1.61. The number of nitro benzene ring substituents is 1. The highest BCUT2D eigenvalue weighted by Crippen LogP contribution is 2.33. The molecule has 0 unspecified atom stereocenters. The molecule has 2 rings (SSSR count). The number of ether oxygens (including phenoxy) is 1. The van der Waals surface area contributed by atoms with Crippen LogP contribution in [0.2, 0.25) is 0 Å². The molecule has 20 heavy (non-hydrogen) atoms. The van der Waals surface area contributed by atoms with Crippen molar-refractivity contribution in [2.75, 3.05) is 0 Å². The Kier molecular flexibility index (Phi) is 3.90. The predicted octanol–water partition coefficient (Wildman–Crippen LogP) is 2.94. The number of aromatic nitrogens is 1. The maximum absolute atomic E-state index is 13.7. The normalized spacial score (nSPS) is 11.9. The average molecular weight is 277 g/mol. The molecule has 1 atom stereocenters. The number of benzene rings is 1. The Morgan fingerprint density at radius 3 is 2.85 bits per heavy atom. The molecule has 0 saturated carbocycles. The highest BCUT2D eigenvalue weighted by molar-refractivity contribution is 5.48. The summed E-state index contributed by atoms with van der Waals surface area (Å²) in [4.78, 5) is 14.0. The van der Waals surface area contributed by atoms with E-state index in [1.807, 2.05) is 0 Å². The molecule has 7 heteroatoms. The van der Waals surface area contributed by atoms with E-state index in [4.69, 9.17) is 10.5 Å². The SMILES string of the molecule is C[C@@H](N)c1ccnc(Oc2c(F)cccc2[N+](=O)[O-])c1. The van der Waals surface area contributed by atoms with Gasteiger partial charge >= 0.3 is 5.69 Å². The lowest BCUT2D eigenvalue weighted by molar-refractivity contribution is -0.385. The maximum Gasteiger partial charge on any atom is 0.314 e. The summed E-state index contributed by atoms with van der Waals surface area (Å²) in [6.07, 6.45) is 1.45. The Labute approximate surface area is 114 Å². The number of nitrogens with zero attached hydrogens (tertiary/aromatic N) is 2. The fourth-order valence-corrected chi connectivity index (χ4v) is 1.61. The summed E-state index contributed by atoms with van der Waals surface area (Å²) in [5, 5.41) is 10.9. The molecule has 2 N–H and O–H groups in total. The molecule has 6 nitrogen and oxygen atoms in total. The second-order valence-corrected chi connectivity index (χ2v) is 4.16. The van der Waals surface area contributed by atoms with E-state index in [1.54, 1.807) is 13.0 Å². The Morgan fingerprint density at radius 2 is 2.20 bits per heavy atom. The van der Waals surface area contributed by atoms with E-state index < -0.39 is 22.2 Å². The van der Waals surface area contributed by atoms with Gasteiger partial charge in [0.25, 0.3) is 0 Å². The van der Waals surface area contributed by atoms with Gasteiger partial charge in [-0.15, -0.1) is 0 Å². The number of nitro groups is 1.